The Morgan fingerprint density at radius 3 is 2.29 bits per heavy atom. The van der Waals surface area contributed by atoms with Gasteiger partial charge >= 0.3 is 6.36 Å². The molecule has 0 atom stereocenters. The van der Waals surface area contributed by atoms with Crippen molar-refractivity contribution in [1.82, 2.24) is 0 Å². The molecule has 0 heterocycles. The van der Waals surface area contributed by atoms with Crippen molar-refractivity contribution in [3.8, 4) is 16.9 Å². The molecule has 0 saturated heterocycles. The fourth-order valence-corrected chi connectivity index (χ4v) is 1.47. The highest BCUT2D eigenvalue weighted by Gasteiger charge is 2.32. The van der Waals surface area contributed by atoms with Gasteiger partial charge in [0.05, 0.1) is 0 Å². The first-order valence-electron chi connectivity index (χ1n) is 4.88. The van der Waals surface area contributed by atoms with E-state index in [1.807, 2.05) is 0 Å². The van der Waals surface area contributed by atoms with E-state index in [1.54, 1.807) is 42.5 Å². The number of alkyl halides is 3. The van der Waals surface area contributed by atoms with Crippen molar-refractivity contribution in [2.75, 3.05) is 0 Å². The van der Waals surface area contributed by atoms with Crippen LogP contribution in [0.15, 0.2) is 48.5 Å². The summed E-state index contributed by atoms with van der Waals surface area (Å²) in [5.41, 5.74) is 1.02. The zero-order valence-corrected chi connectivity index (χ0v) is 8.66. The maximum atomic E-state index is 12.2. The molecule has 0 aliphatic heterocycles. The molecule has 0 fully saturated rings. The van der Waals surface area contributed by atoms with Crippen LogP contribution in [-0.2, 0) is 0 Å². The van der Waals surface area contributed by atoms with Gasteiger partial charge in [0.25, 0.3) is 0 Å². The third kappa shape index (κ3) is 3.00. The van der Waals surface area contributed by atoms with Crippen LogP contribution in [0.4, 0.5) is 13.2 Å². The lowest BCUT2D eigenvalue weighted by atomic mass is 10.1. The highest BCUT2D eigenvalue weighted by Crippen LogP contribution is 2.32. The Morgan fingerprint density at radius 2 is 1.65 bits per heavy atom. The molecule has 0 spiro atoms. The van der Waals surface area contributed by atoms with Gasteiger partial charge in [-0.1, -0.05) is 48.5 Å². The number of halogens is 3. The minimum Gasteiger partial charge on any atom is -0.404 e. The van der Waals surface area contributed by atoms with E-state index in [1.165, 1.54) is 6.07 Å². The fourth-order valence-electron chi connectivity index (χ4n) is 1.47. The van der Waals surface area contributed by atoms with Gasteiger partial charge in [-0.05, 0) is 5.56 Å². The largest absolute Gasteiger partial charge is 0.573 e. The molecule has 0 aromatic heterocycles. The second-order valence-corrected chi connectivity index (χ2v) is 3.33. The van der Waals surface area contributed by atoms with Crippen molar-refractivity contribution in [3.63, 3.8) is 0 Å². The van der Waals surface area contributed by atoms with Gasteiger partial charge in [-0.15, -0.1) is 13.2 Å². The first kappa shape index (κ1) is 11.5. The summed E-state index contributed by atoms with van der Waals surface area (Å²) in [6.45, 7) is 0. The average Bonchev–Trinajstić information content (AvgIpc) is 2.29. The van der Waals surface area contributed by atoms with E-state index in [4.69, 9.17) is 0 Å². The normalized spacial score (nSPS) is 11.2. The number of rotatable bonds is 2. The third-order valence-electron chi connectivity index (χ3n) is 2.12. The van der Waals surface area contributed by atoms with E-state index in [-0.39, 0.29) is 5.75 Å². The Kier molecular flexibility index (Phi) is 3.04. The van der Waals surface area contributed by atoms with Crippen molar-refractivity contribution in [2.24, 2.45) is 0 Å². The lowest BCUT2D eigenvalue weighted by molar-refractivity contribution is -0.274. The minimum atomic E-state index is -4.71. The van der Waals surface area contributed by atoms with Crippen LogP contribution in [-0.4, -0.2) is 6.36 Å². The molecule has 1 radical (unpaired) electrons. The Balaban J connectivity index is 2.41. The zero-order valence-electron chi connectivity index (χ0n) is 8.66. The molecular formula is C13H8F3O. The highest BCUT2D eigenvalue weighted by molar-refractivity contribution is 5.69. The van der Waals surface area contributed by atoms with Crippen LogP contribution in [0.5, 0.6) is 5.75 Å². The van der Waals surface area contributed by atoms with Gasteiger partial charge < -0.3 is 4.74 Å². The molecule has 4 heteroatoms. The van der Waals surface area contributed by atoms with Crippen molar-refractivity contribution in [1.29, 1.82) is 0 Å². The van der Waals surface area contributed by atoms with Crippen LogP contribution in [0.2, 0.25) is 0 Å². The maximum absolute atomic E-state index is 12.2. The third-order valence-corrected chi connectivity index (χ3v) is 2.12. The monoisotopic (exact) mass is 237 g/mol. The van der Waals surface area contributed by atoms with E-state index in [2.05, 4.69) is 10.8 Å². The van der Waals surface area contributed by atoms with Crippen molar-refractivity contribution in [3.05, 3.63) is 54.6 Å². The van der Waals surface area contributed by atoms with Crippen molar-refractivity contribution >= 4 is 0 Å². The first-order chi connectivity index (χ1) is 8.06. The second kappa shape index (κ2) is 4.49. The average molecular weight is 237 g/mol. The summed E-state index contributed by atoms with van der Waals surface area (Å²) in [5, 5.41) is 0. The minimum absolute atomic E-state index is 0.314. The standard InChI is InChI=1S/C13H8F3O/c14-13(15,16)17-12-9-5-4-8-11(12)10-6-2-1-3-7-10/h1-8H. The Bertz CT molecular complexity index is 492. The lowest BCUT2D eigenvalue weighted by Gasteiger charge is -2.12. The van der Waals surface area contributed by atoms with Gasteiger partial charge in [-0.2, -0.15) is 0 Å². The molecular weight excluding hydrogens is 229 g/mol. The zero-order chi connectivity index (χ0) is 12.3. The van der Waals surface area contributed by atoms with Gasteiger partial charge in [0.15, 0.2) is 0 Å². The van der Waals surface area contributed by atoms with Gasteiger partial charge in [0.1, 0.15) is 5.75 Å². The van der Waals surface area contributed by atoms with Crippen LogP contribution in [0.25, 0.3) is 11.1 Å². The number of hydrogen-bond donors (Lipinski definition) is 0. The van der Waals surface area contributed by atoms with E-state index < -0.39 is 6.36 Å². The van der Waals surface area contributed by atoms with E-state index in [0.29, 0.717) is 11.1 Å². The predicted octanol–water partition coefficient (Wildman–Crippen LogP) is 4.05. The summed E-state index contributed by atoms with van der Waals surface area (Å²) in [6.07, 6.45) is -4.71. The SMILES string of the molecule is FC(F)(F)Oc1[c]cccc1-c1ccccc1. The van der Waals surface area contributed by atoms with Crippen molar-refractivity contribution in [2.45, 2.75) is 6.36 Å². The fraction of sp³-hybridized carbons (Fsp3) is 0.0769. The van der Waals surface area contributed by atoms with E-state index >= 15 is 0 Å². The van der Waals surface area contributed by atoms with Gasteiger partial charge in [0, 0.05) is 11.6 Å². The molecule has 0 aliphatic carbocycles. The number of para-hydroxylation sites is 1. The lowest BCUT2D eigenvalue weighted by Crippen LogP contribution is -2.17. The molecule has 0 amide bonds. The second-order valence-electron chi connectivity index (χ2n) is 3.33. The van der Waals surface area contributed by atoms with Crippen LogP contribution in [0.1, 0.15) is 0 Å². The Hall–Kier alpha value is -1.97. The van der Waals surface area contributed by atoms with Gasteiger partial charge in [0.2, 0.25) is 0 Å². The van der Waals surface area contributed by atoms with E-state index in [0.717, 1.165) is 0 Å². The van der Waals surface area contributed by atoms with E-state index in [9.17, 15) is 13.2 Å². The Morgan fingerprint density at radius 1 is 0.941 bits per heavy atom. The smallest absolute Gasteiger partial charge is 0.404 e. The summed E-state index contributed by atoms with van der Waals surface area (Å²) in [7, 11) is 0. The molecule has 2 aromatic rings. The summed E-state index contributed by atoms with van der Waals surface area (Å²) in [4.78, 5) is 0. The Labute approximate surface area is 96.5 Å². The molecule has 0 bridgehead atoms. The molecule has 0 saturated carbocycles. The molecule has 2 rings (SSSR count). The molecule has 1 nitrogen and oxygen atoms in total. The maximum Gasteiger partial charge on any atom is 0.573 e. The molecule has 2 aromatic carbocycles. The van der Waals surface area contributed by atoms with Crippen LogP contribution < -0.4 is 4.74 Å². The van der Waals surface area contributed by atoms with Crippen LogP contribution >= 0.6 is 0 Å². The molecule has 0 aliphatic rings. The van der Waals surface area contributed by atoms with Gasteiger partial charge in [-0.3, -0.25) is 0 Å². The predicted molar refractivity (Wildman–Crippen MR) is 57.4 cm³/mol. The summed E-state index contributed by atoms with van der Waals surface area (Å²) in [5.74, 6) is -0.314. The van der Waals surface area contributed by atoms with Crippen LogP contribution in [0, 0.1) is 6.07 Å². The first-order valence-corrected chi connectivity index (χ1v) is 4.88. The van der Waals surface area contributed by atoms with Gasteiger partial charge in [-0.25, -0.2) is 0 Å². The topological polar surface area (TPSA) is 9.23 Å². The number of benzene rings is 2. The quantitative estimate of drug-likeness (QED) is 0.765. The molecule has 87 valence electrons. The highest BCUT2D eigenvalue weighted by atomic mass is 19.4. The van der Waals surface area contributed by atoms with Crippen molar-refractivity contribution < 1.29 is 17.9 Å². The summed E-state index contributed by atoms with van der Waals surface area (Å²) >= 11 is 0. The molecule has 0 unspecified atom stereocenters. The summed E-state index contributed by atoms with van der Waals surface area (Å²) in [6, 6.07) is 15.7. The molecule has 17 heavy (non-hydrogen) atoms. The van der Waals surface area contributed by atoms with Crippen LogP contribution in [0.3, 0.4) is 0 Å². The number of ether oxygens (including phenoxy) is 1. The number of hydrogen-bond acceptors (Lipinski definition) is 1. The molecule has 0 N–H and O–H groups in total. The summed E-state index contributed by atoms with van der Waals surface area (Å²) < 4.78 is 40.5.